The normalized spacial score (nSPS) is 17.9. The van der Waals surface area contributed by atoms with Crippen molar-refractivity contribution in [2.45, 2.75) is 25.8 Å². The number of carbonyl (C=O) groups excluding carboxylic acids is 3. The number of carbonyl (C=O) groups is 3. The van der Waals surface area contributed by atoms with Gasteiger partial charge in [0, 0.05) is 12.2 Å². The second kappa shape index (κ2) is 8.03. The number of amides is 4. The van der Waals surface area contributed by atoms with Crippen molar-refractivity contribution < 1.29 is 14.4 Å². The van der Waals surface area contributed by atoms with E-state index in [1.807, 2.05) is 43.3 Å². The lowest BCUT2D eigenvalue weighted by atomic mass is 10.0. The summed E-state index contributed by atoms with van der Waals surface area (Å²) < 4.78 is 0. The first-order chi connectivity index (χ1) is 13.0. The van der Waals surface area contributed by atoms with Gasteiger partial charge in [-0.15, -0.1) is 0 Å². The average molecular weight is 365 g/mol. The van der Waals surface area contributed by atoms with Gasteiger partial charge in [0.1, 0.15) is 12.6 Å². The summed E-state index contributed by atoms with van der Waals surface area (Å²) >= 11 is 0. The molecule has 6 heteroatoms. The number of para-hydroxylation sites is 1. The first-order valence-corrected chi connectivity index (χ1v) is 9.00. The Kier molecular flexibility index (Phi) is 5.54. The molecular weight excluding hydrogens is 342 g/mol. The molecule has 1 N–H and O–H groups in total. The van der Waals surface area contributed by atoms with E-state index in [0.29, 0.717) is 12.2 Å². The summed E-state index contributed by atoms with van der Waals surface area (Å²) in [4.78, 5) is 39.9. The highest BCUT2D eigenvalue weighted by Gasteiger charge is 2.43. The first-order valence-electron chi connectivity index (χ1n) is 9.00. The molecule has 1 fully saturated rings. The molecule has 0 aliphatic carbocycles. The van der Waals surface area contributed by atoms with Crippen LogP contribution in [0.3, 0.4) is 0 Å². The number of nitrogens with one attached hydrogen (secondary N) is 1. The molecule has 0 spiro atoms. The van der Waals surface area contributed by atoms with Crippen LogP contribution in [0.25, 0.3) is 0 Å². The minimum Gasteiger partial charge on any atom is -0.354 e. The van der Waals surface area contributed by atoms with Crippen molar-refractivity contribution in [1.29, 1.82) is 0 Å². The van der Waals surface area contributed by atoms with Gasteiger partial charge in [0.05, 0.1) is 0 Å². The van der Waals surface area contributed by atoms with Gasteiger partial charge < -0.3 is 5.32 Å². The topological polar surface area (TPSA) is 69.7 Å². The van der Waals surface area contributed by atoms with Gasteiger partial charge in [-0.3, -0.25) is 19.4 Å². The molecule has 2 aromatic rings. The molecule has 1 aliphatic rings. The van der Waals surface area contributed by atoms with Gasteiger partial charge in [0.15, 0.2) is 0 Å². The van der Waals surface area contributed by atoms with Gasteiger partial charge >= 0.3 is 6.03 Å². The van der Waals surface area contributed by atoms with E-state index < -0.39 is 12.1 Å². The Hall–Kier alpha value is -3.15. The molecule has 0 unspecified atom stereocenters. The molecular formula is C21H23N3O3. The maximum Gasteiger partial charge on any atom is 0.332 e. The van der Waals surface area contributed by atoms with Gasteiger partial charge in [-0.05, 0) is 30.5 Å². The zero-order valence-corrected chi connectivity index (χ0v) is 15.5. The monoisotopic (exact) mass is 365 g/mol. The standard InChI is InChI=1S/C21H23N3O3/c1-15(17-9-5-3-6-10-17)13-22-19(25)14-23-20(26)16(2)24(21(23)27)18-11-7-4-8-12-18/h3-12,15-16H,13-14H2,1-2H3,(H,22,25)/t15-,16-/m0/s1. The maximum absolute atomic E-state index is 12.7. The fourth-order valence-electron chi connectivity index (χ4n) is 3.16. The van der Waals surface area contributed by atoms with Crippen LogP contribution in [0, 0.1) is 0 Å². The highest BCUT2D eigenvalue weighted by molar-refractivity contribution is 6.15. The summed E-state index contributed by atoms with van der Waals surface area (Å²) in [6.07, 6.45) is 0. The highest BCUT2D eigenvalue weighted by Crippen LogP contribution is 2.25. The van der Waals surface area contributed by atoms with Gasteiger partial charge in [0.25, 0.3) is 5.91 Å². The van der Waals surface area contributed by atoms with E-state index in [0.717, 1.165) is 10.5 Å². The van der Waals surface area contributed by atoms with Crippen molar-refractivity contribution >= 4 is 23.5 Å². The number of urea groups is 1. The second-order valence-corrected chi connectivity index (χ2v) is 6.70. The van der Waals surface area contributed by atoms with Gasteiger partial charge in [-0.25, -0.2) is 4.79 Å². The molecule has 140 valence electrons. The summed E-state index contributed by atoms with van der Waals surface area (Å²) in [6.45, 7) is 3.85. The molecule has 2 aromatic carbocycles. The number of hydrogen-bond donors (Lipinski definition) is 1. The van der Waals surface area contributed by atoms with Crippen LogP contribution in [0.2, 0.25) is 0 Å². The molecule has 3 rings (SSSR count). The molecule has 1 saturated heterocycles. The zero-order valence-electron chi connectivity index (χ0n) is 15.5. The lowest BCUT2D eigenvalue weighted by molar-refractivity contribution is -0.131. The summed E-state index contributed by atoms with van der Waals surface area (Å²) in [7, 11) is 0. The van der Waals surface area contributed by atoms with Crippen LogP contribution in [-0.2, 0) is 9.59 Å². The molecule has 4 amide bonds. The van der Waals surface area contributed by atoms with Crippen LogP contribution in [0.5, 0.6) is 0 Å². The summed E-state index contributed by atoms with van der Waals surface area (Å²) in [6, 6.07) is 17.8. The third-order valence-electron chi connectivity index (χ3n) is 4.76. The minimum atomic E-state index is -0.629. The van der Waals surface area contributed by atoms with Crippen molar-refractivity contribution in [2.75, 3.05) is 18.0 Å². The molecule has 0 aromatic heterocycles. The van der Waals surface area contributed by atoms with Gasteiger partial charge in [0.2, 0.25) is 5.91 Å². The average Bonchev–Trinajstić information content (AvgIpc) is 2.90. The van der Waals surface area contributed by atoms with Crippen LogP contribution in [0.4, 0.5) is 10.5 Å². The third-order valence-corrected chi connectivity index (χ3v) is 4.76. The van der Waals surface area contributed by atoms with Crippen LogP contribution < -0.4 is 10.2 Å². The quantitative estimate of drug-likeness (QED) is 0.801. The molecule has 27 heavy (non-hydrogen) atoms. The van der Waals surface area contributed by atoms with Crippen LogP contribution in [-0.4, -0.2) is 41.9 Å². The molecule has 1 aliphatic heterocycles. The highest BCUT2D eigenvalue weighted by atomic mass is 16.2. The number of nitrogens with zero attached hydrogens (tertiary/aromatic N) is 2. The van der Waals surface area contributed by atoms with Crippen molar-refractivity contribution in [1.82, 2.24) is 10.2 Å². The Labute approximate surface area is 158 Å². The Morgan fingerprint density at radius 3 is 2.26 bits per heavy atom. The predicted octanol–water partition coefficient (Wildman–Crippen LogP) is 2.76. The summed E-state index contributed by atoms with van der Waals surface area (Å²) in [5.74, 6) is -0.573. The Bertz CT molecular complexity index is 823. The Morgan fingerprint density at radius 1 is 1.04 bits per heavy atom. The van der Waals surface area contributed by atoms with Crippen molar-refractivity contribution in [3.05, 3.63) is 66.2 Å². The predicted molar refractivity (Wildman–Crippen MR) is 103 cm³/mol. The van der Waals surface area contributed by atoms with E-state index in [1.165, 1.54) is 4.90 Å². The van der Waals surface area contributed by atoms with Crippen LogP contribution in [0.15, 0.2) is 60.7 Å². The smallest absolute Gasteiger partial charge is 0.332 e. The number of anilines is 1. The van der Waals surface area contributed by atoms with E-state index in [-0.39, 0.29) is 24.3 Å². The first kappa shape index (κ1) is 18.6. The van der Waals surface area contributed by atoms with E-state index in [1.54, 1.807) is 31.2 Å². The molecule has 6 nitrogen and oxygen atoms in total. The molecule has 0 radical (unpaired) electrons. The summed E-state index contributed by atoms with van der Waals surface area (Å²) in [5, 5.41) is 2.81. The van der Waals surface area contributed by atoms with Crippen molar-refractivity contribution in [2.24, 2.45) is 0 Å². The number of benzene rings is 2. The van der Waals surface area contributed by atoms with E-state index >= 15 is 0 Å². The second-order valence-electron chi connectivity index (χ2n) is 6.70. The fourth-order valence-corrected chi connectivity index (χ4v) is 3.16. The molecule has 2 atom stereocenters. The van der Waals surface area contributed by atoms with Crippen LogP contribution >= 0.6 is 0 Å². The Balaban J connectivity index is 1.60. The van der Waals surface area contributed by atoms with Crippen LogP contribution in [0.1, 0.15) is 25.3 Å². The number of rotatable bonds is 6. The largest absolute Gasteiger partial charge is 0.354 e. The van der Waals surface area contributed by atoms with E-state index in [9.17, 15) is 14.4 Å². The number of imide groups is 1. The minimum absolute atomic E-state index is 0.139. The molecule has 1 heterocycles. The van der Waals surface area contributed by atoms with E-state index in [4.69, 9.17) is 0 Å². The molecule has 0 saturated carbocycles. The molecule has 0 bridgehead atoms. The third kappa shape index (κ3) is 4.00. The van der Waals surface area contributed by atoms with Gasteiger partial charge in [-0.1, -0.05) is 55.5 Å². The Morgan fingerprint density at radius 2 is 1.63 bits per heavy atom. The summed E-state index contributed by atoms with van der Waals surface area (Å²) in [5.41, 5.74) is 1.76. The van der Waals surface area contributed by atoms with Crippen molar-refractivity contribution in [3.63, 3.8) is 0 Å². The van der Waals surface area contributed by atoms with Gasteiger partial charge in [-0.2, -0.15) is 0 Å². The fraction of sp³-hybridized carbons (Fsp3) is 0.286. The lowest BCUT2D eigenvalue weighted by Crippen LogP contribution is -2.42. The van der Waals surface area contributed by atoms with Crippen molar-refractivity contribution in [3.8, 4) is 0 Å². The lowest BCUT2D eigenvalue weighted by Gasteiger charge is -2.19. The zero-order chi connectivity index (χ0) is 19.4. The SMILES string of the molecule is C[C@@H](CNC(=O)CN1C(=O)[C@H](C)N(c2ccccc2)C1=O)c1ccccc1. The number of hydrogen-bond acceptors (Lipinski definition) is 3. The van der Waals surface area contributed by atoms with E-state index in [2.05, 4.69) is 5.32 Å². The maximum atomic E-state index is 12.7.